The molecule has 0 atom stereocenters. The van der Waals surface area contributed by atoms with Gasteiger partial charge in [0, 0.05) is 33.0 Å². The van der Waals surface area contributed by atoms with Crippen molar-refractivity contribution in [2.75, 3.05) is 0 Å². The van der Waals surface area contributed by atoms with Crippen LogP contribution in [-0.2, 0) is 0 Å². The van der Waals surface area contributed by atoms with Gasteiger partial charge in [0.1, 0.15) is 11.2 Å². The molecule has 0 aliphatic heterocycles. The Morgan fingerprint density at radius 2 is 0.809 bits per heavy atom. The standard InChI is InChI=1S/C43H27N3O/c1-4-14-28(15-5-1)31-26-27-34(33-21-11-10-20-32(31)33)35-22-12-23-36-39-37(24-13-25-38(39)47-40(35)36)43-45-41(29-16-6-2-7-17-29)44-42(46-43)30-18-8-3-9-19-30/h1-27H. The third-order valence-electron chi connectivity index (χ3n) is 8.76. The topological polar surface area (TPSA) is 51.8 Å². The van der Waals surface area contributed by atoms with Gasteiger partial charge in [-0.15, -0.1) is 0 Å². The first-order valence-electron chi connectivity index (χ1n) is 15.7. The van der Waals surface area contributed by atoms with Gasteiger partial charge < -0.3 is 4.42 Å². The van der Waals surface area contributed by atoms with E-state index < -0.39 is 0 Å². The fraction of sp³-hybridized carbons (Fsp3) is 0. The monoisotopic (exact) mass is 601 g/mol. The number of nitrogens with zero attached hydrogens (tertiary/aromatic N) is 3. The Bertz CT molecular complexity index is 2500. The van der Waals surface area contributed by atoms with Crippen molar-refractivity contribution in [3.63, 3.8) is 0 Å². The largest absolute Gasteiger partial charge is 0.455 e. The van der Waals surface area contributed by atoms with Crippen molar-refractivity contribution in [3.8, 4) is 56.4 Å². The predicted octanol–water partition coefficient (Wildman–Crippen LogP) is 11.3. The molecule has 0 unspecified atom stereocenters. The minimum Gasteiger partial charge on any atom is -0.455 e. The third kappa shape index (κ3) is 4.66. The normalized spacial score (nSPS) is 11.4. The summed E-state index contributed by atoms with van der Waals surface area (Å²) in [5, 5.41) is 4.39. The highest BCUT2D eigenvalue weighted by atomic mass is 16.3. The molecule has 0 spiro atoms. The first-order valence-corrected chi connectivity index (χ1v) is 15.7. The van der Waals surface area contributed by atoms with Crippen LogP contribution >= 0.6 is 0 Å². The van der Waals surface area contributed by atoms with Crippen LogP contribution in [0.5, 0.6) is 0 Å². The number of aromatic nitrogens is 3. The fourth-order valence-corrected chi connectivity index (χ4v) is 6.58. The van der Waals surface area contributed by atoms with Crippen LogP contribution in [-0.4, -0.2) is 15.0 Å². The SMILES string of the molecule is c1ccc(-c2nc(-c3ccccc3)nc(-c3cccc4oc5c(-c6ccc(-c7ccccc7)c7ccccc67)cccc5c34)n2)cc1. The van der Waals surface area contributed by atoms with Crippen molar-refractivity contribution < 1.29 is 4.42 Å². The minimum absolute atomic E-state index is 0.606. The molecule has 4 heteroatoms. The minimum atomic E-state index is 0.606. The summed E-state index contributed by atoms with van der Waals surface area (Å²) in [6.07, 6.45) is 0. The number of fused-ring (bicyclic) bond motifs is 4. The second-order valence-corrected chi connectivity index (χ2v) is 11.6. The van der Waals surface area contributed by atoms with E-state index in [0.717, 1.165) is 49.8 Å². The van der Waals surface area contributed by atoms with Crippen LogP contribution < -0.4 is 0 Å². The summed E-state index contributed by atoms with van der Waals surface area (Å²) in [5.41, 5.74) is 8.99. The van der Waals surface area contributed by atoms with E-state index in [1.165, 1.54) is 21.9 Å². The van der Waals surface area contributed by atoms with Gasteiger partial charge in [0.2, 0.25) is 0 Å². The lowest BCUT2D eigenvalue weighted by molar-refractivity contribution is 0.670. The highest BCUT2D eigenvalue weighted by Gasteiger charge is 2.20. The van der Waals surface area contributed by atoms with Gasteiger partial charge in [-0.25, -0.2) is 15.0 Å². The van der Waals surface area contributed by atoms with Crippen LogP contribution in [0.3, 0.4) is 0 Å². The number of rotatable bonds is 5. The Hall–Kier alpha value is -6.39. The highest BCUT2D eigenvalue weighted by Crippen LogP contribution is 2.43. The summed E-state index contributed by atoms with van der Waals surface area (Å²) >= 11 is 0. The second-order valence-electron chi connectivity index (χ2n) is 11.6. The number of para-hydroxylation sites is 1. The molecule has 0 fully saturated rings. The molecule has 4 nitrogen and oxygen atoms in total. The molecular weight excluding hydrogens is 574 g/mol. The molecule has 0 bridgehead atoms. The van der Waals surface area contributed by atoms with Crippen LogP contribution in [0.15, 0.2) is 168 Å². The van der Waals surface area contributed by atoms with E-state index in [-0.39, 0.29) is 0 Å². The molecule has 0 aliphatic rings. The Labute approximate surface area is 271 Å². The van der Waals surface area contributed by atoms with E-state index in [1.807, 2.05) is 72.8 Å². The predicted molar refractivity (Wildman–Crippen MR) is 192 cm³/mol. The fourth-order valence-electron chi connectivity index (χ4n) is 6.58. The van der Waals surface area contributed by atoms with E-state index in [9.17, 15) is 0 Å². The number of hydrogen-bond acceptors (Lipinski definition) is 4. The average Bonchev–Trinajstić information content (AvgIpc) is 3.55. The zero-order chi connectivity index (χ0) is 31.2. The molecule has 2 aromatic heterocycles. The number of hydrogen-bond donors (Lipinski definition) is 0. The summed E-state index contributed by atoms with van der Waals surface area (Å²) < 4.78 is 6.72. The Kier molecular flexibility index (Phi) is 6.43. The van der Waals surface area contributed by atoms with Gasteiger partial charge in [-0.2, -0.15) is 0 Å². The first-order chi connectivity index (χ1) is 23.3. The molecular formula is C43H27N3O. The van der Waals surface area contributed by atoms with Gasteiger partial charge in [-0.05, 0) is 33.5 Å². The molecule has 7 aromatic carbocycles. The summed E-state index contributed by atoms with van der Waals surface area (Å²) in [6.45, 7) is 0. The van der Waals surface area contributed by atoms with Crippen molar-refractivity contribution in [1.82, 2.24) is 15.0 Å². The molecule has 2 heterocycles. The molecule has 0 amide bonds. The van der Waals surface area contributed by atoms with E-state index in [2.05, 4.69) is 91.0 Å². The van der Waals surface area contributed by atoms with Crippen molar-refractivity contribution in [2.24, 2.45) is 0 Å². The molecule has 47 heavy (non-hydrogen) atoms. The second kappa shape index (κ2) is 11.2. The summed E-state index contributed by atoms with van der Waals surface area (Å²) in [6, 6.07) is 56.2. The van der Waals surface area contributed by atoms with Crippen LogP contribution in [0.1, 0.15) is 0 Å². The van der Waals surface area contributed by atoms with Crippen LogP contribution in [0, 0.1) is 0 Å². The van der Waals surface area contributed by atoms with Crippen LogP contribution in [0.25, 0.3) is 89.1 Å². The van der Waals surface area contributed by atoms with Gasteiger partial charge in [0.25, 0.3) is 0 Å². The van der Waals surface area contributed by atoms with E-state index in [1.54, 1.807) is 0 Å². The summed E-state index contributed by atoms with van der Waals surface area (Å²) in [7, 11) is 0. The van der Waals surface area contributed by atoms with Gasteiger partial charge in [0.05, 0.1) is 0 Å². The lowest BCUT2D eigenvalue weighted by Gasteiger charge is -2.12. The maximum absolute atomic E-state index is 6.72. The van der Waals surface area contributed by atoms with E-state index in [4.69, 9.17) is 19.4 Å². The smallest absolute Gasteiger partial charge is 0.164 e. The lowest BCUT2D eigenvalue weighted by atomic mass is 9.91. The molecule has 0 N–H and O–H groups in total. The van der Waals surface area contributed by atoms with E-state index >= 15 is 0 Å². The average molecular weight is 602 g/mol. The molecule has 0 saturated heterocycles. The summed E-state index contributed by atoms with van der Waals surface area (Å²) in [5.74, 6) is 1.86. The summed E-state index contributed by atoms with van der Waals surface area (Å²) in [4.78, 5) is 15.0. The first kappa shape index (κ1) is 27.0. The molecule has 0 aliphatic carbocycles. The Morgan fingerprint density at radius 3 is 1.47 bits per heavy atom. The molecule has 0 radical (unpaired) electrons. The van der Waals surface area contributed by atoms with Gasteiger partial charge in [-0.3, -0.25) is 0 Å². The number of benzene rings is 7. The van der Waals surface area contributed by atoms with Crippen molar-refractivity contribution >= 4 is 32.7 Å². The maximum atomic E-state index is 6.72. The Balaban J connectivity index is 1.27. The lowest BCUT2D eigenvalue weighted by Crippen LogP contribution is -2.00. The quantitative estimate of drug-likeness (QED) is 0.197. The molecule has 0 saturated carbocycles. The molecule has 220 valence electrons. The van der Waals surface area contributed by atoms with Crippen molar-refractivity contribution in [3.05, 3.63) is 164 Å². The molecule has 9 rings (SSSR count). The van der Waals surface area contributed by atoms with Crippen molar-refractivity contribution in [2.45, 2.75) is 0 Å². The van der Waals surface area contributed by atoms with Crippen molar-refractivity contribution in [1.29, 1.82) is 0 Å². The zero-order valence-corrected chi connectivity index (χ0v) is 25.3. The highest BCUT2D eigenvalue weighted by molar-refractivity contribution is 6.17. The van der Waals surface area contributed by atoms with E-state index in [0.29, 0.717) is 17.5 Å². The molecule has 9 aromatic rings. The third-order valence-corrected chi connectivity index (χ3v) is 8.76. The Morgan fingerprint density at radius 1 is 0.319 bits per heavy atom. The van der Waals surface area contributed by atoms with Gasteiger partial charge >= 0.3 is 0 Å². The van der Waals surface area contributed by atoms with Crippen LogP contribution in [0.4, 0.5) is 0 Å². The van der Waals surface area contributed by atoms with Crippen LogP contribution in [0.2, 0.25) is 0 Å². The van der Waals surface area contributed by atoms with Gasteiger partial charge in [-0.1, -0.05) is 158 Å². The number of furan rings is 1. The van der Waals surface area contributed by atoms with Gasteiger partial charge in [0.15, 0.2) is 17.5 Å². The zero-order valence-electron chi connectivity index (χ0n) is 25.3. The maximum Gasteiger partial charge on any atom is 0.164 e.